The number of nitrogens with one attached hydrogen (secondary N) is 1. The van der Waals surface area contributed by atoms with Gasteiger partial charge < -0.3 is 5.32 Å². The Morgan fingerprint density at radius 2 is 2.11 bits per heavy atom. The predicted molar refractivity (Wildman–Crippen MR) is 81.3 cm³/mol. The number of thioether (sulfide) groups is 1. The van der Waals surface area contributed by atoms with E-state index in [1.54, 1.807) is 32.3 Å². The van der Waals surface area contributed by atoms with Gasteiger partial charge in [0.15, 0.2) is 0 Å². The van der Waals surface area contributed by atoms with Crippen molar-refractivity contribution < 1.29 is 8.42 Å². The molecule has 2 atom stereocenters. The summed E-state index contributed by atoms with van der Waals surface area (Å²) >= 11 is 1.95. The van der Waals surface area contributed by atoms with Gasteiger partial charge in [0.25, 0.3) is 0 Å². The molecular weight excluding hydrogens is 280 g/mol. The third-order valence-corrected chi connectivity index (χ3v) is 6.35. The quantitative estimate of drug-likeness (QED) is 0.926. The second-order valence-electron chi connectivity index (χ2n) is 5.04. The Balaban J connectivity index is 2.16. The van der Waals surface area contributed by atoms with Gasteiger partial charge in [-0.1, -0.05) is 13.0 Å². The van der Waals surface area contributed by atoms with Crippen molar-refractivity contribution in [2.75, 3.05) is 25.2 Å². The van der Waals surface area contributed by atoms with Gasteiger partial charge in [-0.25, -0.2) is 12.7 Å². The average Bonchev–Trinajstić information content (AvgIpc) is 2.75. The van der Waals surface area contributed by atoms with Gasteiger partial charge in [-0.3, -0.25) is 0 Å². The van der Waals surface area contributed by atoms with Crippen LogP contribution < -0.4 is 5.32 Å². The van der Waals surface area contributed by atoms with Crippen LogP contribution in [0, 0.1) is 0 Å². The minimum absolute atomic E-state index is 0.334. The van der Waals surface area contributed by atoms with Crippen molar-refractivity contribution in [1.29, 1.82) is 0 Å². The van der Waals surface area contributed by atoms with E-state index in [1.807, 2.05) is 17.8 Å². The maximum atomic E-state index is 12.1. The number of hydrogen-bond acceptors (Lipinski definition) is 4. The zero-order valence-corrected chi connectivity index (χ0v) is 13.1. The lowest BCUT2D eigenvalue weighted by Gasteiger charge is -2.16. The Morgan fingerprint density at radius 3 is 2.68 bits per heavy atom. The Hall–Kier alpha value is -0.720. The maximum Gasteiger partial charge on any atom is 0.242 e. The van der Waals surface area contributed by atoms with Crippen molar-refractivity contribution in [3.8, 4) is 0 Å². The van der Waals surface area contributed by atoms with E-state index in [4.69, 9.17) is 0 Å². The topological polar surface area (TPSA) is 49.4 Å². The summed E-state index contributed by atoms with van der Waals surface area (Å²) in [4.78, 5) is 0.334. The van der Waals surface area contributed by atoms with Crippen LogP contribution in [0.1, 0.15) is 13.3 Å². The Labute approximate surface area is 119 Å². The smallest absolute Gasteiger partial charge is 0.242 e. The summed E-state index contributed by atoms with van der Waals surface area (Å²) in [5.41, 5.74) is 0.877. The van der Waals surface area contributed by atoms with Gasteiger partial charge in [-0.2, -0.15) is 11.8 Å². The zero-order valence-electron chi connectivity index (χ0n) is 11.5. The van der Waals surface area contributed by atoms with E-state index in [9.17, 15) is 8.42 Å². The van der Waals surface area contributed by atoms with Gasteiger partial charge in [-0.05, 0) is 24.6 Å². The molecule has 1 heterocycles. The molecule has 1 fully saturated rings. The number of benzene rings is 1. The first kappa shape index (κ1) is 14.7. The maximum absolute atomic E-state index is 12.1. The molecule has 0 aliphatic carbocycles. The molecule has 0 spiro atoms. The fraction of sp³-hybridized carbons (Fsp3) is 0.538. The lowest BCUT2D eigenvalue weighted by atomic mass is 10.2. The van der Waals surface area contributed by atoms with Gasteiger partial charge in [0, 0.05) is 36.8 Å². The Bertz CT molecular complexity index is 543. The van der Waals surface area contributed by atoms with E-state index in [-0.39, 0.29) is 0 Å². The molecule has 19 heavy (non-hydrogen) atoms. The van der Waals surface area contributed by atoms with Crippen molar-refractivity contribution in [2.45, 2.75) is 29.5 Å². The van der Waals surface area contributed by atoms with Crippen LogP contribution in [0.4, 0.5) is 5.69 Å². The van der Waals surface area contributed by atoms with Crippen LogP contribution in [0.3, 0.4) is 0 Å². The largest absolute Gasteiger partial charge is 0.381 e. The van der Waals surface area contributed by atoms with Crippen LogP contribution in [-0.4, -0.2) is 43.9 Å². The van der Waals surface area contributed by atoms with E-state index in [2.05, 4.69) is 12.2 Å². The molecule has 0 radical (unpaired) electrons. The number of nitrogens with zero attached hydrogens (tertiary/aromatic N) is 1. The van der Waals surface area contributed by atoms with Crippen LogP contribution in [0.15, 0.2) is 29.2 Å². The van der Waals surface area contributed by atoms with E-state index in [0.29, 0.717) is 16.2 Å². The molecule has 1 saturated heterocycles. The zero-order chi connectivity index (χ0) is 14.0. The van der Waals surface area contributed by atoms with Gasteiger partial charge in [0.05, 0.1) is 4.90 Å². The summed E-state index contributed by atoms with van der Waals surface area (Å²) in [6.07, 6.45) is 1.12. The Morgan fingerprint density at radius 1 is 1.37 bits per heavy atom. The molecule has 1 aliphatic heterocycles. The predicted octanol–water partition coefficient (Wildman–Crippen LogP) is 2.24. The van der Waals surface area contributed by atoms with Crippen LogP contribution in [0.2, 0.25) is 0 Å². The number of hydrogen-bond donors (Lipinski definition) is 1. The molecule has 106 valence electrons. The number of rotatable bonds is 4. The number of sulfonamides is 1. The van der Waals surface area contributed by atoms with Crippen LogP contribution in [-0.2, 0) is 10.0 Å². The first-order valence-electron chi connectivity index (χ1n) is 6.30. The summed E-state index contributed by atoms with van der Waals surface area (Å²) in [6.45, 7) is 2.22. The normalized spacial score (nSPS) is 23.8. The first-order chi connectivity index (χ1) is 8.89. The lowest BCUT2D eigenvalue weighted by molar-refractivity contribution is 0.521. The molecule has 1 aromatic rings. The fourth-order valence-electron chi connectivity index (χ4n) is 2.11. The standard InChI is InChI=1S/C13H20N2O2S2/c1-10-7-12(9-18-10)14-11-5-4-6-13(8-11)19(16,17)15(2)3/h4-6,8,10,12,14H,7,9H2,1-3H3. The van der Waals surface area contributed by atoms with Crippen molar-refractivity contribution in [2.24, 2.45) is 0 Å². The monoisotopic (exact) mass is 300 g/mol. The molecule has 2 unspecified atom stereocenters. The summed E-state index contributed by atoms with van der Waals surface area (Å²) < 4.78 is 25.4. The summed E-state index contributed by atoms with van der Waals surface area (Å²) in [5, 5.41) is 4.09. The molecule has 1 N–H and O–H groups in total. The van der Waals surface area contributed by atoms with Crippen LogP contribution in [0.25, 0.3) is 0 Å². The summed E-state index contributed by atoms with van der Waals surface area (Å²) in [5.74, 6) is 1.08. The van der Waals surface area contributed by atoms with Crippen LogP contribution in [0.5, 0.6) is 0 Å². The molecule has 4 nitrogen and oxygen atoms in total. The molecule has 0 aromatic heterocycles. The molecule has 0 bridgehead atoms. The number of anilines is 1. The minimum Gasteiger partial charge on any atom is -0.381 e. The second kappa shape index (κ2) is 5.73. The van der Waals surface area contributed by atoms with Crippen molar-refractivity contribution in [3.63, 3.8) is 0 Å². The Kier molecular flexibility index (Phi) is 4.43. The van der Waals surface area contributed by atoms with E-state index in [1.165, 1.54) is 4.31 Å². The third kappa shape index (κ3) is 3.43. The highest BCUT2D eigenvalue weighted by atomic mass is 32.2. The fourth-order valence-corrected chi connectivity index (χ4v) is 4.21. The molecule has 2 rings (SSSR count). The highest BCUT2D eigenvalue weighted by Crippen LogP contribution is 2.29. The summed E-state index contributed by atoms with van der Waals surface area (Å²) in [6, 6.07) is 7.47. The van der Waals surface area contributed by atoms with E-state index < -0.39 is 10.0 Å². The van der Waals surface area contributed by atoms with Crippen molar-refractivity contribution in [3.05, 3.63) is 24.3 Å². The molecule has 1 aromatic carbocycles. The third-order valence-electron chi connectivity index (χ3n) is 3.18. The molecule has 0 saturated carbocycles. The van der Waals surface area contributed by atoms with Gasteiger partial charge in [0.1, 0.15) is 0 Å². The molecule has 1 aliphatic rings. The van der Waals surface area contributed by atoms with Crippen LogP contribution >= 0.6 is 11.8 Å². The van der Waals surface area contributed by atoms with Gasteiger partial charge >= 0.3 is 0 Å². The van der Waals surface area contributed by atoms with E-state index >= 15 is 0 Å². The molecule has 6 heteroatoms. The molecular formula is C13H20N2O2S2. The van der Waals surface area contributed by atoms with Gasteiger partial charge in [-0.15, -0.1) is 0 Å². The first-order valence-corrected chi connectivity index (χ1v) is 8.79. The second-order valence-corrected chi connectivity index (χ2v) is 8.66. The van der Waals surface area contributed by atoms with E-state index in [0.717, 1.165) is 17.9 Å². The molecule has 0 amide bonds. The van der Waals surface area contributed by atoms with Crippen molar-refractivity contribution in [1.82, 2.24) is 4.31 Å². The summed E-state index contributed by atoms with van der Waals surface area (Å²) in [7, 11) is -0.263. The average molecular weight is 300 g/mol. The van der Waals surface area contributed by atoms with Gasteiger partial charge in [0.2, 0.25) is 10.0 Å². The minimum atomic E-state index is -3.36. The SMILES string of the molecule is CC1CC(Nc2cccc(S(=O)(=O)N(C)C)c2)CS1. The van der Waals surface area contributed by atoms with Crippen molar-refractivity contribution >= 4 is 27.5 Å². The highest BCUT2D eigenvalue weighted by molar-refractivity contribution is 8.00. The highest BCUT2D eigenvalue weighted by Gasteiger charge is 2.22. The lowest BCUT2D eigenvalue weighted by Crippen LogP contribution is -2.23.